The summed E-state index contributed by atoms with van der Waals surface area (Å²) >= 11 is 6.22. The molecule has 2 unspecified atom stereocenters. The number of hydrogen-bond acceptors (Lipinski definition) is 5. The van der Waals surface area contributed by atoms with Crippen molar-refractivity contribution in [1.82, 2.24) is 10.2 Å². The van der Waals surface area contributed by atoms with Gasteiger partial charge in [-0.25, -0.2) is 4.39 Å². The monoisotopic (exact) mass is 562 g/mol. The molecule has 2 heterocycles. The van der Waals surface area contributed by atoms with E-state index in [0.717, 1.165) is 63.1 Å². The van der Waals surface area contributed by atoms with Crippen LogP contribution in [-0.2, 0) is 15.3 Å². The number of halogens is 4. The maximum absolute atomic E-state index is 13.9. The molecule has 9 heteroatoms. The van der Waals surface area contributed by atoms with E-state index < -0.39 is 11.3 Å². The maximum atomic E-state index is 13.9. The number of nitrogens with one attached hydrogen (secondary N) is 1. The molecule has 2 saturated heterocycles. The molecule has 0 bridgehead atoms. The average Bonchev–Trinajstić information content (AvgIpc) is 3.33. The Morgan fingerprint density at radius 1 is 1.14 bits per heavy atom. The zero-order valence-electron chi connectivity index (χ0n) is 21.0. The van der Waals surface area contributed by atoms with Crippen molar-refractivity contribution in [3.8, 4) is 5.75 Å². The molecule has 2 aromatic rings. The van der Waals surface area contributed by atoms with Crippen LogP contribution in [0.25, 0.3) is 0 Å². The first-order valence-electron chi connectivity index (χ1n) is 12.4. The van der Waals surface area contributed by atoms with Crippen LogP contribution in [0.4, 0.5) is 4.39 Å². The molecular weight excluding hydrogens is 526 g/mol. The molecule has 0 aromatic heterocycles. The number of rotatable bonds is 10. The van der Waals surface area contributed by atoms with Crippen molar-refractivity contribution in [3.63, 3.8) is 0 Å². The largest absolute Gasteiger partial charge is 0.490 e. The smallest absolute Gasteiger partial charge is 0.214 e. The molecule has 2 aliphatic heterocycles. The second-order valence-electron chi connectivity index (χ2n) is 9.24. The predicted octanol–water partition coefficient (Wildman–Crippen LogP) is 6.21. The molecule has 2 aromatic carbocycles. The van der Waals surface area contributed by atoms with Crippen LogP contribution in [0.1, 0.15) is 44.6 Å². The van der Waals surface area contributed by atoms with Gasteiger partial charge < -0.3 is 19.5 Å². The Morgan fingerprint density at radius 2 is 1.86 bits per heavy atom. The SMILES string of the molecule is CCCC1(C2(c3ccc(F)cc3)OCCO2)CC(Oc2cccc(Cl)c2)CCN1CCCNC.Cl.Cl. The minimum absolute atomic E-state index is 0. The van der Waals surface area contributed by atoms with E-state index in [4.69, 9.17) is 25.8 Å². The molecule has 1 N–H and O–H groups in total. The van der Waals surface area contributed by atoms with Gasteiger partial charge in [-0.3, -0.25) is 4.90 Å². The van der Waals surface area contributed by atoms with Gasteiger partial charge in [0.05, 0.1) is 18.8 Å². The highest BCUT2D eigenvalue weighted by Gasteiger charge is 2.61. The van der Waals surface area contributed by atoms with Crippen LogP contribution in [0.3, 0.4) is 0 Å². The Morgan fingerprint density at radius 3 is 2.50 bits per heavy atom. The predicted molar refractivity (Wildman–Crippen MR) is 147 cm³/mol. The van der Waals surface area contributed by atoms with Gasteiger partial charge in [-0.1, -0.05) is 43.1 Å². The molecular formula is C27H38Cl3FN2O3. The topological polar surface area (TPSA) is 43.0 Å². The number of hydrogen-bond donors (Lipinski definition) is 1. The Labute approximate surface area is 231 Å². The first-order chi connectivity index (χ1) is 16.5. The lowest BCUT2D eigenvalue weighted by Crippen LogP contribution is -2.67. The van der Waals surface area contributed by atoms with Crippen molar-refractivity contribution in [2.24, 2.45) is 0 Å². The fourth-order valence-electron chi connectivity index (χ4n) is 5.69. The molecule has 2 fully saturated rings. The minimum Gasteiger partial charge on any atom is -0.490 e. The summed E-state index contributed by atoms with van der Waals surface area (Å²) in [6, 6.07) is 14.2. The third kappa shape index (κ3) is 6.47. The minimum atomic E-state index is -0.979. The van der Waals surface area contributed by atoms with Crippen LogP contribution in [0.2, 0.25) is 5.02 Å². The van der Waals surface area contributed by atoms with Gasteiger partial charge in [0.1, 0.15) is 17.7 Å². The summed E-state index contributed by atoms with van der Waals surface area (Å²) in [5, 5.41) is 3.92. The van der Waals surface area contributed by atoms with Gasteiger partial charge in [0, 0.05) is 30.1 Å². The van der Waals surface area contributed by atoms with E-state index in [9.17, 15) is 4.39 Å². The second-order valence-corrected chi connectivity index (χ2v) is 9.67. The summed E-state index contributed by atoms with van der Waals surface area (Å²) in [5.74, 6) is -0.471. The van der Waals surface area contributed by atoms with Crippen LogP contribution in [0.5, 0.6) is 5.75 Å². The summed E-state index contributed by atoms with van der Waals surface area (Å²) in [4.78, 5) is 2.54. The van der Waals surface area contributed by atoms with Gasteiger partial charge in [-0.15, -0.1) is 24.8 Å². The summed E-state index contributed by atoms with van der Waals surface area (Å²) in [7, 11) is 1.98. The van der Waals surface area contributed by atoms with Crippen molar-refractivity contribution >= 4 is 36.4 Å². The van der Waals surface area contributed by atoms with Gasteiger partial charge >= 0.3 is 0 Å². The summed E-state index contributed by atoms with van der Waals surface area (Å²) < 4.78 is 33.4. The van der Waals surface area contributed by atoms with E-state index in [2.05, 4.69) is 17.1 Å². The highest BCUT2D eigenvalue weighted by Crippen LogP contribution is 2.52. The number of piperidine rings is 1. The molecule has 2 atom stereocenters. The molecule has 202 valence electrons. The number of nitrogens with zero attached hydrogens (tertiary/aromatic N) is 1. The standard InChI is InChI=1S/C27H36ClFN2O3.2ClH/c1-3-13-26(27(32-17-18-33-27)21-8-10-23(29)11-9-21)20-25(12-16-31(26)15-5-14-30-2)34-24-7-4-6-22(28)19-24;;/h4,6-11,19,25,30H,3,5,12-18,20H2,1-2H3;2*1H. The molecule has 0 saturated carbocycles. The molecule has 5 nitrogen and oxygen atoms in total. The highest BCUT2D eigenvalue weighted by molar-refractivity contribution is 6.30. The maximum Gasteiger partial charge on any atom is 0.214 e. The molecule has 2 aliphatic rings. The summed E-state index contributed by atoms with van der Waals surface area (Å²) in [5.41, 5.74) is 0.410. The fraction of sp³-hybridized carbons (Fsp3) is 0.556. The zero-order chi connectivity index (χ0) is 24.0. The van der Waals surface area contributed by atoms with Crippen molar-refractivity contribution in [2.75, 3.05) is 39.9 Å². The van der Waals surface area contributed by atoms with Crippen LogP contribution >= 0.6 is 36.4 Å². The Hall–Kier alpha value is -1.12. The van der Waals surface area contributed by atoms with Gasteiger partial charge in [0.25, 0.3) is 0 Å². The van der Waals surface area contributed by atoms with E-state index in [1.54, 1.807) is 0 Å². The second kappa shape index (κ2) is 14.1. The zero-order valence-corrected chi connectivity index (χ0v) is 23.4. The fourth-order valence-corrected chi connectivity index (χ4v) is 5.87. The van der Waals surface area contributed by atoms with Gasteiger partial charge in [0.2, 0.25) is 5.79 Å². The van der Waals surface area contributed by atoms with Crippen molar-refractivity contribution in [1.29, 1.82) is 0 Å². The van der Waals surface area contributed by atoms with Gasteiger partial charge in [0.15, 0.2) is 0 Å². The number of benzene rings is 2. The van der Waals surface area contributed by atoms with Gasteiger partial charge in [-0.05, 0) is 63.2 Å². The van der Waals surface area contributed by atoms with E-state index in [1.807, 2.05) is 43.4 Å². The normalized spacial score (nSPS) is 23.5. The van der Waals surface area contributed by atoms with E-state index >= 15 is 0 Å². The van der Waals surface area contributed by atoms with E-state index in [1.165, 1.54) is 12.1 Å². The third-order valence-electron chi connectivity index (χ3n) is 7.04. The molecule has 0 amide bonds. The Kier molecular flexibility index (Phi) is 12.2. The van der Waals surface area contributed by atoms with Crippen LogP contribution in [0.15, 0.2) is 48.5 Å². The van der Waals surface area contributed by atoms with Crippen LogP contribution in [-0.4, -0.2) is 56.4 Å². The Balaban J connectivity index is 0.00000228. The highest BCUT2D eigenvalue weighted by atomic mass is 35.5. The number of likely N-dealkylation sites (tertiary alicyclic amines) is 1. The average molecular weight is 564 g/mol. The Bertz CT molecular complexity index is 931. The lowest BCUT2D eigenvalue weighted by Gasteiger charge is -2.57. The van der Waals surface area contributed by atoms with Gasteiger partial charge in [-0.2, -0.15) is 0 Å². The molecule has 4 rings (SSSR count). The number of ether oxygens (including phenoxy) is 3. The van der Waals surface area contributed by atoms with Crippen LogP contribution < -0.4 is 10.1 Å². The third-order valence-corrected chi connectivity index (χ3v) is 7.27. The lowest BCUT2D eigenvalue weighted by molar-refractivity contribution is -0.272. The quantitative estimate of drug-likeness (QED) is 0.348. The van der Waals surface area contributed by atoms with Crippen molar-refractivity contribution < 1.29 is 18.6 Å². The van der Waals surface area contributed by atoms with Crippen LogP contribution in [0, 0.1) is 5.82 Å². The molecule has 0 spiro atoms. The first kappa shape index (κ1) is 31.1. The van der Waals surface area contributed by atoms with Crippen molar-refractivity contribution in [2.45, 2.75) is 56.5 Å². The molecule has 0 aliphatic carbocycles. The summed E-state index contributed by atoms with van der Waals surface area (Å²) in [6.07, 6.45) is 4.47. The lowest BCUT2D eigenvalue weighted by atomic mass is 9.72. The summed E-state index contributed by atoms with van der Waals surface area (Å²) in [6.45, 7) is 5.93. The molecule has 0 radical (unpaired) electrons. The van der Waals surface area contributed by atoms with E-state index in [0.29, 0.717) is 18.2 Å². The van der Waals surface area contributed by atoms with Crippen molar-refractivity contribution in [3.05, 3.63) is 64.9 Å². The van der Waals surface area contributed by atoms with E-state index in [-0.39, 0.29) is 36.7 Å². The molecule has 36 heavy (non-hydrogen) atoms. The first-order valence-corrected chi connectivity index (χ1v) is 12.8.